The standard InChI is InChI=1S/C27H26FN3O4S/c28-21-8-6-20(7-9-21)25(32)30-24(14-18-4-2-1-3-5-18)26(33)29-22-10-12-23(13-11-22)36(34,35)31-27-15-19(16-27)17-27/h1-13,19,24,31H,14-17H2,(H,29,33)(H,30,32)/t19?,24-,27?/m1/s1. The van der Waals surface area contributed by atoms with Crippen LogP contribution in [0, 0.1) is 11.7 Å². The number of benzene rings is 3. The Hall–Kier alpha value is -3.56. The molecule has 36 heavy (non-hydrogen) atoms. The molecule has 3 aliphatic carbocycles. The van der Waals surface area contributed by atoms with Crippen molar-refractivity contribution in [3.63, 3.8) is 0 Å². The molecule has 0 radical (unpaired) electrons. The summed E-state index contributed by atoms with van der Waals surface area (Å²) < 4.78 is 41.5. The van der Waals surface area contributed by atoms with Crippen LogP contribution in [0.2, 0.25) is 0 Å². The number of rotatable bonds is 9. The van der Waals surface area contributed by atoms with Crippen molar-refractivity contribution in [2.24, 2.45) is 5.92 Å². The molecule has 186 valence electrons. The molecular formula is C27H26FN3O4S. The maximum atomic E-state index is 13.2. The SMILES string of the molecule is O=C(N[C@H](Cc1ccccc1)C(=O)Nc1ccc(S(=O)(=O)NC23CC(C2)C3)cc1)c1ccc(F)cc1. The highest BCUT2D eigenvalue weighted by molar-refractivity contribution is 7.89. The molecule has 3 N–H and O–H groups in total. The number of carbonyl (C=O) groups is 2. The number of hydrogen-bond acceptors (Lipinski definition) is 4. The van der Waals surface area contributed by atoms with Crippen LogP contribution in [-0.4, -0.2) is 31.8 Å². The summed E-state index contributed by atoms with van der Waals surface area (Å²) in [7, 11) is -3.64. The van der Waals surface area contributed by atoms with Gasteiger partial charge in [0, 0.05) is 23.2 Å². The van der Waals surface area contributed by atoms with E-state index in [-0.39, 0.29) is 22.4 Å². The van der Waals surface area contributed by atoms with Crippen molar-refractivity contribution >= 4 is 27.5 Å². The van der Waals surface area contributed by atoms with Gasteiger partial charge in [-0.25, -0.2) is 17.5 Å². The van der Waals surface area contributed by atoms with Gasteiger partial charge in [-0.05, 0) is 79.3 Å². The molecule has 6 rings (SSSR count). The van der Waals surface area contributed by atoms with Gasteiger partial charge in [-0.3, -0.25) is 9.59 Å². The van der Waals surface area contributed by atoms with Gasteiger partial charge >= 0.3 is 0 Å². The Morgan fingerprint density at radius 3 is 2.14 bits per heavy atom. The first kappa shape index (κ1) is 24.1. The minimum absolute atomic E-state index is 0.135. The molecule has 3 aliphatic rings. The summed E-state index contributed by atoms with van der Waals surface area (Å²) in [6, 6.07) is 19.3. The van der Waals surface area contributed by atoms with Gasteiger partial charge < -0.3 is 10.6 Å². The highest BCUT2D eigenvalue weighted by Crippen LogP contribution is 2.57. The largest absolute Gasteiger partial charge is 0.340 e. The van der Waals surface area contributed by atoms with Gasteiger partial charge in [0.05, 0.1) is 4.90 Å². The Morgan fingerprint density at radius 1 is 0.917 bits per heavy atom. The Morgan fingerprint density at radius 2 is 1.56 bits per heavy atom. The first-order valence-corrected chi connectivity index (χ1v) is 13.2. The summed E-state index contributed by atoms with van der Waals surface area (Å²) in [5, 5.41) is 5.48. The predicted molar refractivity (Wildman–Crippen MR) is 133 cm³/mol. The molecular weight excluding hydrogens is 481 g/mol. The van der Waals surface area contributed by atoms with E-state index in [0.717, 1.165) is 24.8 Å². The quantitative estimate of drug-likeness (QED) is 0.411. The molecule has 0 unspecified atom stereocenters. The number of anilines is 1. The van der Waals surface area contributed by atoms with Gasteiger partial charge in [0.2, 0.25) is 15.9 Å². The summed E-state index contributed by atoms with van der Waals surface area (Å²) in [6.45, 7) is 0. The predicted octanol–water partition coefficient (Wildman–Crippen LogP) is 3.64. The van der Waals surface area contributed by atoms with Crippen molar-refractivity contribution in [3.8, 4) is 0 Å². The molecule has 2 bridgehead atoms. The smallest absolute Gasteiger partial charge is 0.251 e. The molecule has 2 amide bonds. The molecule has 1 atom stereocenters. The minimum atomic E-state index is -3.64. The zero-order chi connectivity index (χ0) is 25.3. The Labute approximate surface area is 209 Å². The first-order chi connectivity index (χ1) is 17.2. The van der Waals surface area contributed by atoms with Crippen LogP contribution < -0.4 is 15.4 Å². The van der Waals surface area contributed by atoms with Crippen LogP contribution in [0.5, 0.6) is 0 Å². The maximum Gasteiger partial charge on any atom is 0.251 e. The number of hydrogen-bond donors (Lipinski definition) is 3. The van der Waals surface area contributed by atoms with Crippen LogP contribution in [0.15, 0.2) is 83.8 Å². The number of carbonyl (C=O) groups excluding carboxylic acids is 2. The Bertz CT molecular complexity index is 1360. The normalized spacial score (nSPS) is 21.0. The van der Waals surface area contributed by atoms with Gasteiger partial charge in [-0.15, -0.1) is 0 Å². The van der Waals surface area contributed by atoms with Crippen LogP contribution in [-0.2, 0) is 21.2 Å². The third kappa shape index (κ3) is 5.17. The van der Waals surface area contributed by atoms with Crippen molar-refractivity contribution in [3.05, 3.63) is 95.8 Å². The molecule has 0 aromatic heterocycles. The molecule has 7 nitrogen and oxygen atoms in total. The van der Waals surface area contributed by atoms with Crippen molar-refractivity contribution in [1.82, 2.24) is 10.0 Å². The van der Waals surface area contributed by atoms with Gasteiger partial charge in [0.1, 0.15) is 11.9 Å². The fraction of sp³-hybridized carbons (Fsp3) is 0.259. The Kier molecular flexibility index (Phi) is 6.36. The van der Waals surface area contributed by atoms with Gasteiger partial charge in [-0.2, -0.15) is 0 Å². The second-order valence-electron chi connectivity index (χ2n) is 9.60. The molecule has 3 aromatic carbocycles. The van der Waals surface area contributed by atoms with E-state index in [1.54, 1.807) is 0 Å². The van der Waals surface area contributed by atoms with E-state index in [1.165, 1.54) is 48.5 Å². The number of sulfonamides is 1. The fourth-order valence-corrected chi connectivity index (χ4v) is 6.23. The lowest BCUT2D eigenvalue weighted by Crippen LogP contribution is -2.67. The average Bonchev–Trinajstić information content (AvgIpc) is 2.82. The summed E-state index contributed by atoms with van der Waals surface area (Å²) in [5.41, 5.74) is 1.20. The summed E-state index contributed by atoms with van der Waals surface area (Å²) >= 11 is 0. The summed E-state index contributed by atoms with van der Waals surface area (Å²) in [5.74, 6) is -0.781. The van der Waals surface area contributed by atoms with E-state index in [0.29, 0.717) is 11.6 Å². The van der Waals surface area contributed by atoms with Crippen molar-refractivity contribution < 1.29 is 22.4 Å². The van der Waals surface area contributed by atoms with E-state index in [4.69, 9.17) is 0 Å². The van der Waals surface area contributed by atoms with Crippen molar-refractivity contribution in [2.75, 3.05) is 5.32 Å². The molecule has 0 saturated heterocycles. The van der Waals surface area contributed by atoms with Crippen LogP contribution in [0.25, 0.3) is 0 Å². The number of nitrogens with one attached hydrogen (secondary N) is 3. The lowest BCUT2D eigenvalue weighted by Gasteiger charge is -2.61. The molecule has 0 aliphatic heterocycles. The maximum absolute atomic E-state index is 13.2. The van der Waals surface area contributed by atoms with E-state index < -0.39 is 33.7 Å². The molecule has 3 saturated carbocycles. The molecule has 0 heterocycles. The van der Waals surface area contributed by atoms with Gasteiger partial charge in [0.25, 0.3) is 5.91 Å². The first-order valence-electron chi connectivity index (χ1n) is 11.8. The average molecular weight is 508 g/mol. The third-order valence-electron chi connectivity index (χ3n) is 6.83. The molecule has 3 aromatic rings. The van der Waals surface area contributed by atoms with E-state index in [9.17, 15) is 22.4 Å². The van der Waals surface area contributed by atoms with Gasteiger partial charge in [0.15, 0.2) is 0 Å². The fourth-order valence-electron chi connectivity index (χ4n) is 4.80. The zero-order valence-electron chi connectivity index (χ0n) is 19.4. The van der Waals surface area contributed by atoms with Crippen LogP contribution in [0.4, 0.5) is 10.1 Å². The number of amides is 2. The summed E-state index contributed by atoms with van der Waals surface area (Å²) in [4.78, 5) is 26.0. The zero-order valence-corrected chi connectivity index (χ0v) is 20.2. The second kappa shape index (κ2) is 9.48. The third-order valence-corrected chi connectivity index (χ3v) is 8.43. The van der Waals surface area contributed by atoms with E-state index >= 15 is 0 Å². The highest BCUT2D eigenvalue weighted by Gasteiger charge is 2.58. The van der Waals surface area contributed by atoms with Crippen LogP contribution >= 0.6 is 0 Å². The minimum Gasteiger partial charge on any atom is -0.340 e. The number of halogens is 1. The molecule has 9 heteroatoms. The molecule has 0 spiro atoms. The van der Waals surface area contributed by atoms with Crippen LogP contribution in [0.3, 0.4) is 0 Å². The highest BCUT2D eigenvalue weighted by atomic mass is 32.2. The van der Waals surface area contributed by atoms with Crippen molar-refractivity contribution in [2.45, 2.75) is 42.2 Å². The second-order valence-corrected chi connectivity index (χ2v) is 11.3. The summed E-state index contributed by atoms with van der Waals surface area (Å²) in [6.07, 6.45) is 2.92. The van der Waals surface area contributed by atoms with E-state index in [2.05, 4.69) is 15.4 Å². The molecule has 3 fully saturated rings. The topological polar surface area (TPSA) is 104 Å². The van der Waals surface area contributed by atoms with Crippen LogP contribution in [0.1, 0.15) is 35.2 Å². The monoisotopic (exact) mass is 507 g/mol. The van der Waals surface area contributed by atoms with Crippen molar-refractivity contribution in [1.29, 1.82) is 0 Å². The lowest BCUT2D eigenvalue weighted by atomic mass is 9.50. The van der Waals surface area contributed by atoms with Gasteiger partial charge in [-0.1, -0.05) is 30.3 Å². The Balaban J connectivity index is 1.28. The van der Waals surface area contributed by atoms with E-state index in [1.807, 2.05) is 30.3 Å². The lowest BCUT2D eigenvalue weighted by molar-refractivity contribution is -0.118.